The molecule has 0 unspecified atom stereocenters. The monoisotopic (exact) mass is 764 g/mol. The first-order valence-electron chi connectivity index (χ1n) is 17.8. The highest BCUT2D eigenvalue weighted by atomic mass is 19.1. The molecule has 2 aliphatic rings. The van der Waals surface area contributed by atoms with Crippen LogP contribution in [0, 0.1) is 17.0 Å². The van der Waals surface area contributed by atoms with Crippen LogP contribution in [0.5, 0.6) is 23.0 Å². The molecule has 14 heteroatoms. The first kappa shape index (κ1) is 37.7. The number of aromatic nitrogens is 4. The summed E-state index contributed by atoms with van der Waals surface area (Å²) in [6.45, 7) is 5.35. The maximum absolute atomic E-state index is 13.7. The van der Waals surface area contributed by atoms with E-state index in [-0.39, 0.29) is 24.3 Å². The molecule has 0 spiro atoms. The van der Waals surface area contributed by atoms with Crippen molar-refractivity contribution >= 4 is 29.0 Å². The zero-order chi connectivity index (χ0) is 39.7. The van der Waals surface area contributed by atoms with Gasteiger partial charge in [-0.1, -0.05) is 12.1 Å². The van der Waals surface area contributed by atoms with Crippen molar-refractivity contribution in [3.05, 3.63) is 107 Å². The maximum atomic E-state index is 13.7. The van der Waals surface area contributed by atoms with Gasteiger partial charge in [0.25, 0.3) is 0 Å². The van der Waals surface area contributed by atoms with Crippen molar-refractivity contribution in [2.75, 3.05) is 39.1 Å². The van der Waals surface area contributed by atoms with Gasteiger partial charge in [-0.05, 0) is 92.6 Å². The largest absolute Gasteiger partial charge is 0.493 e. The highest BCUT2D eigenvalue weighted by Crippen LogP contribution is 2.46. The zero-order valence-electron chi connectivity index (χ0n) is 32.1. The molecule has 6 aromatic rings. The first-order valence-corrected chi connectivity index (χ1v) is 17.8. The van der Waals surface area contributed by atoms with Gasteiger partial charge in [0.05, 0.1) is 45.2 Å². The molecule has 2 aliphatic carbocycles. The molecular weight excluding hydrogens is 722 g/mol. The molecule has 2 aromatic heterocycles. The number of rotatable bonds is 10. The summed E-state index contributed by atoms with van der Waals surface area (Å²) in [6, 6.07) is 20.3. The van der Waals surface area contributed by atoms with E-state index in [1.165, 1.54) is 24.3 Å². The van der Waals surface area contributed by atoms with Crippen LogP contribution < -0.4 is 29.6 Å². The first-order chi connectivity index (χ1) is 26.9. The van der Waals surface area contributed by atoms with E-state index in [9.17, 15) is 13.6 Å². The fraction of sp³-hybridized carbons (Fsp3) is 0.262. The van der Waals surface area contributed by atoms with Gasteiger partial charge in [-0.3, -0.25) is 9.89 Å². The normalized spacial score (nSPS) is 12.0. The Labute approximate surface area is 322 Å². The molecule has 0 amide bonds. The lowest BCUT2D eigenvalue weighted by molar-refractivity contribution is -0.157. The van der Waals surface area contributed by atoms with E-state index in [0.717, 1.165) is 51.2 Å². The molecule has 3 N–H and O–H groups in total. The Hall–Kier alpha value is -6.57. The van der Waals surface area contributed by atoms with Crippen LogP contribution >= 0.6 is 0 Å². The van der Waals surface area contributed by atoms with Crippen LogP contribution in [-0.4, -0.2) is 54.4 Å². The second-order valence-electron chi connectivity index (χ2n) is 14.3. The number of anilines is 4. The number of benzene rings is 4. The lowest BCUT2D eigenvalue weighted by Crippen LogP contribution is -2.24. The molecule has 0 bridgehead atoms. The highest BCUT2D eigenvalue weighted by molar-refractivity contribution is 5.83. The smallest absolute Gasteiger partial charge is 0.313 e. The van der Waals surface area contributed by atoms with E-state index >= 15 is 0 Å². The van der Waals surface area contributed by atoms with Crippen molar-refractivity contribution < 1.29 is 37.3 Å². The molecule has 0 atom stereocenters. The molecule has 0 saturated carbocycles. The topological polar surface area (TPSA) is 134 Å². The van der Waals surface area contributed by atoms with E-state index in [1.807, 2.05) is 24.3 Å². The van der Waals surface area contributed by atoms with Gasteiger partial charge in [0.2, 0.25) is 0 Å². The van der Waals surface area contributed by atoms with Crippen LogP contribution in [0.4, 0.5) is 31.8 Å². The summed E-state index contributed by atoms with van der Waals surface area (Å²) in [5.41, 5.74) is 8.49. The average Bonchev–Trinajstić information content (AvgIpc) is 3.93. The molecule has 12 nitrogen and oxygen atoms in total. The van der Waals surface area contributed by atoms with Crippen molar-refractivity contribution in [1.82, 2.24) is 20.0 Å². The minimum absolute atomic E-state index is 0.0446. The van der Waals surface area contributed by atoms with Crippen LogP contribution in [-0.2, 0) is 29.1 Å². The summed E-state index contributed by atoms with van der Waals surface area (Å²) in [5.74, 6) is 2.93. The Morgan fingerprint density at radius 2 is 1.25 bits per heavy atom. The van der Waals surface area contributed by atoms with Gasteiger partial charge >= 0.3 is 5.97 Å². The minimum atomic E-state index is -0.631. The molecule has 56 heavy (non-hydrogen) atoms. The number of esters is 1. The number of ether oxygens (including phenoxy) is 5. The third-order valence-corrected chi connectivity index (χ3v) is 9.50. The highest BCUT2D eigenvalue weighted by Gasteiger charge is 2.31. The fourth-order valence-electron chi connectivity index (χ4n) is 6.74. The van der Waals surface area contributed by atoms with Gasteiger partial charge in [-0.25, -0.2) is 13.5 Å². The Kier molecular flexibility index (Phi) is 10.3. The number of fused-ring (bicyclic) bond motifs is 6. The summed E-state index contributed by atoms with van der Waals surface area (Å²) < 4.78 is 55.9. The van der Waals surface area contributed by atoms with Gasteiger partial charge in [-0.15, -0.1) is 0 Å². The van der Waals surface area contributed by atoms with Crippen LogP contribution in [0.15, 0.2) is 72.8 Å². The summed E-state index contributed by atoms with van der Waals surface area (Å²) in [4.78, 5) is 12.3. The number of nitrogens with one attached hydrogen (secondary N) is 3. The Bertz CT molecular complexity index is 2440. The van der Waals surface area contributed by atoms with Crippen molar-refractivity contribution in [2.45, 2.75) is 40.3 Å². The number of hydrogen-bond acceptors (Lipinski definition) is 10. The van der Waals surface area contributed by atoms with E-state index in [4.69, 9.17) is 23.7 Å². The minimum Gasteiger partial charge on any atom is -0.493 e. The quantitative estimate of drug-likeness (QED) is 0.116. The van der Waals surface area contributed by atoms with Gasteiger partial charge < -0.3 is 34.3 Å². The third-order valence-electron chi connectivity index (χ3n) is 9.50. The van der Waals surface area contributed by atoms with Gasteiger partial charge in [0, 0.05) is 46.5 Å². The number of aromatic amines is 1. The number of H-pyrrole nitrogens is 1. The number of carbonyl (C=O) groups is 1. The van der Waals surface area contributed by atoms with Crippen molar-refractivity contribution in [3.8, 4) is 45.5 Å². The SMILES string of the molecule is COc1cc2c(cc1OC)-c1[nH]nc(Nc3cccc(F)c3)c1C2.COc1cc2c(cc1OC)-c1c(c(Nc3cccc(F)c3)nn1COC(=O)C(C)(C)C)C2. The van der Waals surface area contributed by atoms with E-state index < -0.39 is 5.41 Å². The second-order valence-corrected chi connectivity index (χ2v) is 14.3. The molecule has 2 heterocycles. The molecule has 0 radical (unpaired) electrons. The summed E-state index contributed by atoms with van der Waals surface area (Å²) in [6.07, 6.45) is 1.31. The lowest BCUT2D eigenvalue weighted by Gasteiger charge is -2.17. The Morgan fingerprint density at radius 3 is 1.80 bits per heavy atom. The molecule has 4 aromatic carbocycles. The van der Waals surface area contributed by atoms with Crippen LogP contribution in [0.3, 0.4) is 0 Å². The van der Waals surface area contributed by atoms with Crippen LogP contribution in [0.1, 0.15) is 43.0 Å². The molecule has 0 fully saturated rings. The van der Waals surface area contributed by atoms with E-state index in [0.29, 0.717) is 52.4 Å². The number of nitrogens with zero attached hydrogens (tertiary/aromatic N) is 3. The average molecular weight is 765 g/mol. The number of methoxy groups -OCH3 is 4. The predicted octanol–water partition coefficient (Wildman–Crippen LogP) is 8.78. The van der Waals surface area contributed by atoms with Gasteiger partial charge in [0.1, 0.15) is 11.6 Å². The number of halogens is 2. The maximum Gasteiger partial charge on any atom is 0.313 e. The molecule has 0 aliphatic heterocycles. The van der Waals surface area contributed by atoms with E-state index in [2.05, 4.69) is 25.9 Å². The van der Waals surface area contributed by atoms with Crippen molar-refractivity contribution in [2.24, 2.45) is 5.41 Å². The fourth-order valence-corrected chi connectivity index (χ4v) is 6.74. The summed E-state index contributed by atoms with van der Waals surface area (Å²) in [5, 5.41) is 18.4. The zero-order valence-corrected chi connectivity index (χ0v) is 32.1. The Morgan fingerprint density at radius 1 is 0.732 bits per heavy atom. The van der Waals surface area contributed by atoms with E-state index in [1.54, 1.807) is 78.2 Å². The van der Waals surface area contributed by atoms with Crippen molar-refractivity contribution in [3.63, 3.8) is 0 Å². The summed E-state index contributed by atoms with van der Waals surface area (Å²) >= 11 is 0. The molecule has 0 saturated heterocycles. The second kappa shape index (κ2) is 15.3. The van der Waals surface area contributed by atoms with Crippen LogP contribution in [0.2, 0.25) is 0 Å². The Balaban J connectivity index is 0.000000178. The number of carbonyl (C=O) groups excluding carboxylic acids is 1. The van der Waals surface area contributed by atoms with Gasteiger partial charge in [-0.2, -0.15) is 10.2 Å². The number of hydrogen-bond donors (Lipinski definition) is 3. The standard InChI is InChI=1S/C24H26FN3O4.C18H16FN3O2/c1-24(2,3)23(29)32-13-28-21-17-12-20(31-5)19(30-4)10-14(17)9-18(21)22(27-28)26-16-8-6-7-15(25)11-16;1-23-15-7-10-6-14-17(13(10)9-16(15)24-2)21-22-18(14)20-12-5-3-4-11(19)8-12/h6-8,10-12H,9,13H2,1-5H3,(H,26,27);3-5,7-9H,6H2,1-2H3,(H2,20,21,22). The molecular formula is C42H42F2N6O6. The predicted molar refractivity (Wildman–Crippen MR) is 208 cm³/mol. The molecule has 8 rings (SSSR count). The third kappa shape index (κ3) is 7.41. The van der Waals surface area contributed by atoms with Gasteiger partial charge in [0.15, 0.2) is 41.4 Å². The van der Waals surface area contributed by atoms with Crippen LogP contribution in [0.25, 0.3) is 22.5 Å². The molecule has 290 valence electrons. The summed E-state index contributed by atoms with van der Waals surface area (Å²) in [7, 11) is 6.41. The van der Waals surface area contributed by atoms with Crippen molar-refractivity contribution in [1.29, 1.82) is 0 Å². The lowest BCUT2D eigenvalue weighted by atomic mass is 9.98.